The van der Waals surface area contributed by atoms with Crippen LogP contribution in [0.2, 0.25) is 0 Å². The van der Waals surface area contributed by atoms with Crippen LogP contribution < -0.4 is 0 Å². The lowest BCUT2D eigenvalue weighted by Crippen LogP contribution is -2.69. The third kappa shape index (κ3) is 3.76. The summed E-state index contributed by atoms with van der Waals surface area (Å²) in [6, 6.07) is 6.23. The Morgan fingerprint density at radius 2 is 1.69 bits per heavy atom. The van der Waals surface area contributed by atoms with Gasteiger partial charge in [0, 0.05) is 23.8 Å². The van der Waals surface area contributed by atoms with Gasteiger partial charge in [-0.25, -0.2) is 4.79 Å². The van der Waals surface area contributed by atoms with Crippen LogP contribution in [0.15, 0.2) is 35.9 Å². The van der Waals surface area contributed by atoms with E-state index in [9.17, 15) is 29.4 Å². The summed E-state index contributed by atoms with van der Waals surface area (Å²) in [5, 5.41) is 24.4. The van der Waals surface area contributed by atoms with E-state index in [-0.39, 0.29) is 35.4 Å². The average molecular weight is 535 g/mol. The molecule has 5 aliphatic rings. The van der Waals surface area contributed by atoms with Gasteiger partial charge in [0.15, 0.2) is 5.78 Å². The second kappa shape index (κ2) is 9.20. The van der Waals surface area contributed by atoms with Crippen LogP contribution in [0.5, 0.6) is 0 Å². The Morgan fingerprint density at radius 3 is 2.36 bits per heavy atom. The zero-order valence-electron chi connectivity index (χ0n) is 22.6. The van der Waals surface area contributed by atoms with Gasteiger partial charge in [-0.05, 0) is 93.7 Å². The van der Waals surface area contributed by atoms with Crippen LogP contribution >= 0.6 is 0 Å². The molecule has 6 rings (SSSR count). The molecule has 0 saturated heterocycles. The summed E-state index contributed by atoms with van der Waals surface area (Å²) in [6.45, 7) is 2.18. The van der Waals surface area contributed by atoms with Crippen molar-refractivity contribution in [3.8, 4) is 0 Å². The first-order valence-corrected chi connectivity index (χ1v) is 14.5. The minimum Gasteiger partial charge on any atom is -0.459 e. The molecule has 0 radical (unpaired) electrons. The SMILES string of the molecule is CC12CCC3C(CCC4(O)CC(OC(=O)c5ccc(C=O)cc5)CCC34C=O)C1(O)CCC2C1=CC(=O)CC1. The van der Waals surface area contributed by atoms with Crippen molar-refractivity contribution in [1.29, 1.82) is 0 Å². The van der Waals surface area contributed by atoms with Gasteiger partial charge in [0.1, 0.15) is 18.7 Å². The fourth-order valence-corrected chi connectivity index (χ4v) is 9.64. The summed E-state index contributed by atoms with van der Waals surface area (Å²) < 4.78 is 5.79. The first-order chi connectivity index (χ1) is 18.6. The normalized spacial score (nSPS) is 43.1. The Labute approximate surface area is 229 Å². The highest BCUT2D eigenvalue weighted by Gasteiger charge is 2.71. The maximum atomic E-state index is 12.9. The molecule has 7 nitrogen and oxygen atoms in total. The van der Waals surface area contributed by atoms with Crippen LogP contribution in [-0.4, -0.2) is 51.8 Å². The number of ether oxygens (including phenoxy) is 1. The molecule has 1 aromatic carbocycles. The average Bonchev–Trinajstić information content (AvgIpc) is 3.47. The number of allylic oxidation sites excluding steroid dienone is 2. The van der Waals surface area contributed by atoms with E-state index in [1.165, 1.54) is 5.57 Å². The smallest absolute Gasteiger partial charge is 0.338 e. The zero-order valence-corrected chi connectivity index (χ0v) is 22.6. The minimum absolute atomic E-state index is 0.0973. The fraction of sp³-hybridized carbons (Fsp3) is 0.625. The number of hydrogen-bond donors (Lipinski definition) is 2. The standard InChI is InChI=1S/C32H38O7/c1-29-12-9-26-27(32(29,38)15-11-25(29)22-6-7-23(35)16-22)10-14-31(37)17-24(8-13-30(26,31)19-34)39-28(36)21-4-2-20(18-33)3-5-21/h2-5,16,18-19,24-27,37-38H,6-15,17H2,1H3. The Balaban J connectivity index is 1.22. The van der Waals surface area contributed by atoms with Crippen LogP contribution in [0.3, 0.4) is 0 Å². The maximum absolute atomic E-state index is 12.9. The van der Waals surface area contributed by atoms with Gasteiger partial charge in [-0.3, -0.25) is 9.59 Å². The molecule has 208 valence electrons. The van der Waals surface area contributed by atoms with E-state index in [0.29, 0.717) is 55.9 Å². The molecule has 39 heavy (non-hydrogen) atoms. The van der Waals surface area contributed by atoms with Crippen molar-refractivity contribution in [2.24, 2.45) is 28.6 Å². The second-order valence-corrected chi connectivity index (χ2v) is 13.1. The monoisotopic (exact) mass is 534 g/mol. The van der Waals surface area contributed by atoms with Crippen LogP contribution in [-0.2, 0) is 14.3 Å². The first kappa shape index (κ1) is 26.6. The van der Waals surface area contributed by atoms with Crippen LogP contribution in [0.4, 0.5) is 0 Å². The summed E-state index contributed by atoms with van der Waals surface area (Å²) in [5.74, 6) is -0.389. The highest BCUT2D eigenvalue weighted by Crippen LogP contribution is 2.70. The molecule has 0 bridgehead atoms. The molecule has 2 N–H and O–H groups in total. The predicted molar refractivity (Wildman–Crippen MR) is 142 cm³/mol. The van der Waals surface area contributed by atoms with Gasteiger partial charge in [0.25, 0.3) is 0 Å². The van der Waals surface area contributed by atoms with E-state index < -0.39 is 28.7 Å². The third-order valence-electron chi connectivity index (χ3n) is 11.7. The summed E-state index contributed by atoms with van der Waals surface area (Å²) >= 11 is 0. The number of fused-ring (bicyclic) bond motifs is 5. The van der Waals surface area contributed by atoms with Crippen molar-refractivity contribution < 1.29 is 34.1 Å². The molecule has 1 aromatic rings. The number of benzene rings is 1. The second-order valence-electron chi connectivity index (χ2n) is 13.1. The lowest BCUT2D eigenvalue weighted by Gasteiger charge is -2.65. The fourth-order valence-electron chi connectivity index (χ4n) is 9.64. The van der Waals surface area contributed by atoms with Crippen LogP contribution in [0.1, 0.15) is 98.3 Å². The van der Waals surface area contributed by atoms with Crippen molar-refractivity contribution in [2.45, 2.75) is 94.9 Å². The number of aldehydes is 2. The van der Waals surface area contributed by atoms with Crippen molar-refractivity contribution in [1.82, 2.24) is 0 Å². The molecule has 0 amide bonds. The van der Waals surface area contributed by atoms with Gasteiger partial charge in [0.05, 0.1) is 22.2 Å². The van der Waals surface area contributed by atoms with Crippen molar-refractivity contribution in [3.63, 3.8) is 0 Å². The first-order valence-electron chi connectivity index (χ1n) is 14.5. The van der Waals surface area contributed by atoms with E-state index in [1.807, 2.05) is 0 Å². The van der Waals surface area contributed by atoms with E-state index in [0.717, 1.165) is 32.0 Å². The molecule has 8 unspecified atom stereocenters. The summed E-state index contributed by atoms with van der Waals surface area (Å²) in [6.07, 6.45) is 9.35. The molecule has 0 aromatic heterocycles. The van der Waals surface area contributed by atoms with Crippen molar-refractivity contribution in [3.05, 3.63) is 47.0 Å². The van der Waals surface area contributed by atoms with Gasteiger partial charge in [-0.15, -0.1) is 0 Å². The predicted octanol–water partition coefficient (Wildman–Crippen LogP) is 4.38. The van der Waals surface area contributed by atoms with Gasteiger partial charge < -0.3 is 19.7 Å². The Kier molecular flexibility index (Phi) is 6.27. The molecule has 7 heteroatoms. The Bertz CT molecular complexity index is 1240. The number of aliphatic hydroxyl groups is 2. The minimum atomic E-state index is -1.30. The molecule has 0 heterocycles. The lowest BCUT2D eigenvalue weighted by atomic mass is 9.41. The number of esters is 1. The molecule has 0 aliphatic heterocycles. The maximum Gasteiger partial charge on any atom is 0.338 e. The highest BCUT2D eigenvalue weighted by molar-refractivity contribution is 5.93. The van der Waals surface area contributed by atoms with Gasteiger partial charge >= 0.3 is 5.97 Å². The molecule has 0 spiro atoms. The molecular formula is C32H38O7. The highest BCUT2D eigenvalue weighted by atomic mass is 16.5. The van der Waals surface area contributed by atoms with E-state index in [2.05, 4.69) is 6.92 Å². The molecule has 5 aliphatic carbocycles. The summed E-state index contributed by atoms with van der Waals surface area (Å²) in [4.78, 5) is 48.7. The number of rotatable bonds is 5. The third-order valence-corrected chi connectivity index (χ3v) is 11.7. The molecular weight excluding hydrogens is 496 g/mol. The number of ketones is 1. The summed E-state index contributed by atoms with van der Waals surface area (Å²) in [7, 11) is 0. The van der Waals surface area contributed by atoms with Gasteiger partial charge in [0.2, 0.25) is 0 Å². The number of carbonyl (C=O) groups is 4. The molecule has 8 atom stereocenters. The van der Waals surface area contributed by atoms with E-state index in [4.69, 9.17) is 4.74 Å². The van der Waals surface area contributed by atoms with Gasteiger partial charge in [-0.1, -0.05) is 24.6 Å². The number of carbonyl (C=O) groups excluding carboxylic acids is 4. The van der Waals surface area contributed by atoms with Crippen LogP contribution in [0, 0.1) is 28.6 Å². The van der Waals surface area contributed by atoms with E-state index >= 15 is 0 Å². The topological polar surface area (TPSA) is 118 Å². The van der Waals surface area contributed by atoms with Crippen molar-refractivity contribution >= 4 is 24.3 Å². The zero-order chi connectivity index (χ0) is 27.6. The van der Waals surface area contributed by atoms with Crippen LogP contribution in [0.25, 0.3) is 0 Å². The van der Waals surface area contributed by atoms with Crippen molar-refractivity contribution in [2.75, 3.05) is 0 Å². The molecule has 4 fully saturated rings. The van der Waals surface area contributed by atoms with E-state index in [1.54, 1.807) is 30.3 Å². The number of hydrogen-bond acceptors (Lipinski definition) is 7. The lowest BCUT2D eigenvalue weighted by molar-refractivity contribution is -0.248. The summed E-state index contributed by atoms with van der Waals surface area (Å²) in [5.41, 5.74) is -1.59. The Hall–Kier alpha value is -2.64. The Morgan fingerprint density at radius 1 is 0.949 bits per heavy atom. The van der Waals surface area contributed by atoms with Gasteiger partial charge in [-0.2, -0.15) is 0 Å². The molecule has 4 saturated carbocycles. The quantitative estimate of drug-likeness (QED) is 0.425. The largest absolute Gasteiger partial charge is 0.459 e.